The van der Waals surface area contributed by atoms with Crippen molar-refractivity contribution in [1.29, 1.82) is 0 Å². The molecule has 1 atom stereocenters. The molecule has 1 unspecified atom stereocenters. The van der Waals surface area contributed by atoms with Crippen LogP contribution >= 0.6 is 0 Å². The molecule has 6 amide bonds. The Hall–Kier alpha value is -3.96. The maximum atomic E-state index is 12.7. The number of para-hydroxylation sites is 3. The van der Waals surface area contributed by atoms with Crippen LogP contribution in [0.3, 0.4) is 0 Å². The van der Waals surface area contributed by atoms with E-state index < -0.39 is 24.9 Å². The lowest BCUT2D eigenvalue weighted by atomic mass is 10.3. The number of hydrogen-bond donors (Lipinski definition) is 6. The molecule has 3 aromatic rings. The van der Waals surface area contributed by atoms with Crippen molar-refractivity contribution in [3.63, 3.8) is 0 Å². The molecule has 3 rings (SSSR count). The first kappa shape index (κ1) is 37.5. The van der Waals surface area contributed by atoms with Crippen LogP contribution in [0.5, 0.6) is 0 Å². The van der Waals surface area contributed by atoms with Gasteiger partial charge < -0.3 is 40.4 Å². The highest BCUT2D eigenvalue weighted by molar-refractivity contribution is 6.79. The van der Waals surface area contributed by atoms with Gasteiger partial charge in [0.2, 0.25) is 8.32 Å². The van der Waals surface area contributed by atoms with Crippen molar-refractivity contribution in [2.45, 2.75) is 51.2 Å². The topological polar surface area (TPSA) is 142 Å². The number of hydrogen-bond acceptors (Lipinski definition) is 5. The molecule has 0 radical (unpaired) electrons. The second kappa shape index (κ2) is 18.4. The smallest absolute Gasteiger partial charge is 0.319 e. The molecule has 0 aliphatic carbocycles. The summed E-state index contributed by atoms with van der Waals surface area (Å²) in [6.45, 7) is 11.5. The van der Waals surface area contributed by atoms with E-state index in [-0.39, 0.29) is 18.1 Å². The molecule has 6 N–H and O–H groups in total. The molecule has 0 aliphatic heterocycles. The maximum Gasteiger partial charge on any atom is 0.319 e. The van der Waals surface area contributed by atoms with E-state index >= 15 is 0 Å². The van der Waals surface area contributed by atoms with E-state index in [9.17, 15) is 14.4 Å². The van der Waals surface area contributed by atoms with Gasteiger partial charge in [0.05, 0.1) is 0 Å². The number of carbonyl (C=O) groups is 3. The normalized spacial score (nSPS) is 12.7. The lowest BCUT2D eigenvalue weighted by Gasteiger charge is -2.33. The number of amides is 6. The summed E-state index contributed by atoms with van der Waals surface area (Å²) in [6.07, 6.45) is 1.67. The van der Waals surface area contributed by atoms with Crippen LogP contribution in [0.1, 0.15) is 6.42 Å². The Bertz CT molecular complexity index is 1400. The predicted molar refractivity (Wildman–Crippen MR) is 198 cm³/mol. The molecule has 0 bridgehead atoms. The van der Waals surface area contributed by atoms with E-state index in [1.165, 1.54) is 0 Å². The Morgan fingerprint density at radius 1 is 0.596 bits per heavy atom. The molecule has 0 saturated carbocycles. The number of nitrogens with one attached hydrogen (secondary N) is 6. The van der Waals surface area contributed by atoms with E-state index in [0.717, 1.165) is 35.6 Å². The molecule has 47 heavy (non-hydrogen) atoms. The quantitative estimate of drug-likeness (QED) is 0.0671. The van der Waals surface area contributed by atoms with E-state index in [1.54, 1.807) is 0 Å². The van der Waals surface area contributed by atoms with Gasteiger partial charge in [-0.1, -0.05) is 54.6 Å². The van der Waals surface area contributed by atoms with Crippen molar-refractivity contribution >= 4 is 60.0 Å². The Morgan fingerprint density at radius 2 is 1.06 bits per heavy atom. The number of rotatable bonds is 17. The average Bonchev–Trinajstić information content (AvgIpc) is 3.02. The van der Waals surface area contributed by atoms with Crippen LogP contribution < -0.4 is 31.6 Å². The summed E-state index contributed by atoms with van der Waals surface area (Å²) in [5.74, 6) is 0. The number of urea groups is 3. The second-order valence-electron chi connectivity index (χ2n) is 12.9. The minimum atomic E-state index is -2.34. The molecule has 0 heterocycles. The van der Waals surface area contributed by atoms with Gasteiger partial charge in [-0.2, -0.15) is 0 Å². The average molecular weight is 695 g/mol. The number of anilines is 3. The summed E-state index contributed by atoms with van der Waals surface area (Å²) in [5, 5.41) is 14.5. The van der Waals surface area contributed by atoms with Crippen LogP contribution in [-0.4, -0.2) is 68.5 Å². The van der Waals surface area contributed by atoms with Gasteiger partial charge in [-0.25, -0.2) is 14.4 Å². The monoisotopic (exact) mass is 694 g/mol. The Morgan fingerprint density at radius 3 is 1.57 bits per heavy atom. The molecule has 0 aromatic heterocycles. The summed E-state index contributed by atoms with van der Waals surface area (Å²) in [7, 11) is -6.84. The lowest BCUT2D eigenvalue weighted by molar-refractivity contribution is 0.251. The van der Waals surface area contributed by atoms with Gasteiger partial charge in [0.1, 0.15) is 0 Å². The zero-order chi connectivity index (χ0) is 34.2. The van der Waals surface area contributed by atoms with Crippen LogP contribution in [-0.2, 0) is 8.85 Å². The highest BCUT2D eigenvalue weighted by atomic mass is 28.4. The number of carbonyl (C=O) groups excluding carboxylic acids is 3. The van der Waals surface area contributed by atoms with E-state index in [4.69, 9.17) is 8.85 Å². The van der Waals surface area contributed by atoms with Crippen molar-refractivity contribution in [2.75, 3.05) is 41.5 Å². The van der Waals surface area contributed by atoms with Gasteiger partial charge >= 0.3 is 18.1 Å². The maximum absolute atomic E-state index is 12.7. The second-order valence-corrected chi connectivity index (χ2v) is 25.6. The highest BCUT2D eigenvalue weighted by Gasteiger charge is 2.34. The van der Waals surface area contributed by atoms with Crippen LogP contribution in [0, 0.1) is 0 Å². The van der Waals surface area contributed by atoms with Crippen LogP contribution in [0.4, 0.5) is 31.4 Å². The van der Waals surface area contributed by atoms with Crippen molar-refractivity contribution < 1.29 is 23.2 Å². The fourth-order valence-corrected chi connectivity index (χ4v) is 11.7. The SMILES string of the molecule is C[Si](C)(CO[Si](C)(CCCNC(=O)Nc1ccccc1)CCO[Si](C)(C)CNC(=O)Nc1ccccc1)NC(=O)Nc1ccccc1. The molecular formula is C33H50N6O5Si3. The molecule has 0 fully saturated rings. The van der Waals surface area contributed by atoms with Gasteiger partial charge in [-0.3, -0.25) is 0 Å². The molecule has 11 nitrogen and oxygen atoms in total. The largest absolute Gasteiger partial charge is 0.418 e. The fraction of sp³-hybridized carbons (Fsp3) is 0.364. The van der Waals surface area contributed by atoms with Gasteiger partial charge in [0.25, 0.3) is 0 Å². The highest BCUT2D eigenvalue weighted by Crippen LogP contribution is 2.22. The molecule has 254 valence electrons. The summed E-state index contributed by atoms with van der Waals surface area (Å²) >= 11 is 0. The number of benzene rings is 3. The lowest BCUT2D eigenvalue weighted by Crippen LogP contribution is -2.56. The first-order valence-corrected chi connectivity index (χ1v) is 25.1. The molecule has 14 heteroatoms. The molecular weight excluding hydrogens is 645 g/mol. The zero-order valence-corrected chi connectivity index (χ0v) is 31.2. The summed E-state index contributed by atoms with van der Waals surface area (Å²) in [5.41, 5.74) is 2.20. The van der Waals surface area contributed by atoms with Crippen LogP contribution in [0.2, 0.25) is 44.8 Å². The minimum Gasteiger partial charge on any atom is -0.418 e. The molecule has 0 aliphatic rings. The third-order valence-electron chi connectivity index (χ3n) is 7.29. The first-order valence-electron chi connectivity index (χ1n) is 16.0. The molecule has 0 spiro atoms. The van der Waals surface area contributed by atoms with Gasteiger partial charge in [-0.15, -0.1) is 0 Å². The van der Waals surface area contributed by atoms with Gasteiger partial charge in [-0.05, 0) is 87.6 Å². The summed E-state index contributed by atoms with van der Waals surface area (Å²) in [4.78, 5) is 40.7. The van der Waals surface area contributed by atoms with Crippen LogP contribution in [0.15, 0.2) is 91.0 Å². The third kappa shape index (κ3) is 15.5. The van der Waals surface area contributed by atoms with E-state index in [0.29, 0.717) is 25.5 Å². The van der Waals surface area contributed by atoms with Crippen molar-refractivity contribution in [3.05, 3.63) is 91.0 Å². The Balaban J connectivity index is 1.52. The predicted octanol–water partition coefficient (Wildman–Crippen LogP) is 6.94. The van der Waals surface area contributed by atoms with Gasteiger partial charge in [0.15, 0.2) is 16.6 Å². The van der Waals surface area contributed by atoms with Crippen molar-refractivity contribution in [1.82, 2.24) is 15.6 Å². The van der Waals surface area contributed by atoms with Gasteiger partial charge in [0, 0.05) is 42.6 Å². The van der Waals surface area contributed by atoms with E-state index in [2.05, 4.69) is 64.3 Å². The van der Waals surface area contributed by atoms with E-state index in [1.807, 2.05) is 91.0 Å². The summed E-state index contributed by atoms with van der Waals surface area (Å²) < 4.78 is 13.1. The Kier molecular flexibility index (Phi) is 14.7. The summed E-state index contributed by atoms with van der Waals surface area (Å²) in [6, 6.07) is 28.8. The fourth-order valence-electron chi connectivity index (χ4n) is 4.60. The first-order chi connectivity index (χ1) is 22.3. The zero-order valence-electron chi connectivity index (χ0n) is 28.2. The van der Waals surface area contributed by atoms with Crippen molar-refractivity contribution in [3.8, 4) is 0 Å². The standard InChI is InChI=1S/C33H50N6O5Si3/c1-45(2,39-33(42)38-30-20-13-8-14-21-30)27-44-47(5,24-15-22-34-31(40)36-28-16-9-6-10-17-28)25-23-43-46(3,4)26-35-32(41)37-29-18-11-7-12-19-29/h6-14,16-21H,15,22-27H2,1-5H3,(H2,34,36,40)(H2,35,37,41)(H2,38,39,42). The van der Waals surface area contributed by atoms with Crippen molar-refractivity contribution in [2.24, 2.45) is 0 Å². The minimum absolute atomic E-state index is 0.242. The van der Waals surface area contributed by atoms with Crippen LogP contribution in [0.25, 0.3) is 0 Å². The Labute approximate surface area is 282 Å². The third-order valence-corrected chi connectivity index (χ3v) is 14.9. The molecule has 3 aromatic carbocycles. The molecule has 0 saturated heterocycles.